The molecule has 0 spiro atoms. The van der Waals surface area contributed by atoms with Crippen molar-refractivity contribution in [3.05, 3.63) is 72.9 Å². The molecule has 0 heterocycles. The fourth-order valence-electron chi connectivity index (χ4n) is 5.33. The maximum atomic E-state index is 12.7. The van der Waals surface area contributed by atoms with E-state index in [0.717, 1.165) is 89.9 Å². The molecule has 0 aliphatic rings. The molecule has 0 bridgehead atoms. The van der Waals surface area contributed by atoms with E-state index in [-0.39, 0.29) is 26.1 Å². The summed E-state index contributed by atoms with van der Waals surface area (Å²) >= 11 is 0. The van der Waals surface area contributed by atoms with Crippen LogP contribution < -0.4 is 0 Å². The summed E-state index contributed by atoms with van der Waals surface area (Å²) in [6.07, 6.45) is 46.6. The van der Waals surface area contributed by atoms with Gasteiger partial charge in [0.2, 0.25) is 0 Å². The number of carbonyl (C=O) groups is 2. The van der Waals surface area contributed by atoms with E-state index in [1.54, 1.807) is 0 Å². The van der Waals surface area contributed by atoms with E-state index in [1.165, 1.54) is 25.7 Å². The van der Waals surface area contributed by atoms with Crippen LogP contribution in [0.4, 0.5) is 0 Å². The van der Waals surface area contributed by atoms with Crippen molar-refractivity contribution >= 4 is 19.8 Å². The zero-order valence-electron chi connectivity index (χ0n) is 36.1. The summed E-state index contributed by atoms with van der Waals surface area (Å²) in [7, 11) is 1.44. The molecule has 0 saturated heterocycles. The average molecular weight is 807 g/mol. The summed E-state index contributed by atoms with van der Waals surface area (Å²) in [6, 6.07) is 0. The lowest BCUT2D eigenvalue weighted by Gasteiger charge is -2.24. The lowest BCUT2D eigenvalue weighted by Crippen LogP contribution is -2.37. The van der Waals surface area contributed by atoms with E-state index in [9.17, 15) is 19.0 Å². The highest BCUT2D eigenvalue weighted by Gasteiger charge is 2.27. The first-order valence-corrected chi connectivity index (χ1v) is 23.2. The molecule has 0 aromatic heterocycles. The number of rotatable bonds is 38. The third-order valence-electron chi connectivity index (χ3n) is 8.72. The normalized spacial score (nSPS) is 14.3. The Bertz CT molecular complexity index is 1180. The molecule has 0 rings (SSSR count). The minimum atomic E-state index is -4.39. The molecule has 0 saturated carbocycles. The fraction of sp³-hybridized carbons (Fsp3) is 0.696. The summed E-state index contributed by atoms with van der Waals surface area (Å²) in [5, 5.41) is 0. The zero-order valence-corrected chi connectivity index (χ0v) is 37.0. The summed E-state index contributed by atoms with van der Waals surface area (Å²) in [5.74, 6) is -0.850. The van der Waals surface area contributed by atoms with Crippen LogP contribution in [0.3, 0.4) is 0 Å². The minimum absolute atomic E-state index is 0.0204. The second-order valence-electron chi connectivity index (χ2n) is 15.3. The molecule has 1 unspecified atom stereocenters. The molecule has 56 heavy (non-hydrogen) atoms. The van der Waals surface area contributed by atoms with Crippen molar-refractivity contribution in [3.8, 4) is 0 Å². The van der Waals surface area contributed by atoms with Gasteiger partial charge in [0.25, 0.3) is 0 Å². The van der Waals surface area contributed by atoms with E-state index in [4.69, 9.17) is 18.5 Å². The van der Waals surface area contributed by atoms with E-state index in [2.05, 4.69) is 86.8 Å². The number of esters is 2. The first kappa shape index (κ1) is 53.5. The van der Waals surface area contributed by atoms with Crippen molar-refractivity contribution < 1.29 is 42.1 Å². The van der Waals surface area contributed by atoms with Gasteiger partial charge in [-0.2, -0.15) is 0 Å². The monoisotopic (exact) mass is 807 g/mol. The van der Waals surface area contributed by atoms with Gasteiger partial charge in [0.1, 0.15) is 19.8 Å². The number of allylic oxidation sites excluding steroid dienone is 12. The standard InChI is InChI=1S/C46H80NO8P/c1-6-8-10-12-14-16-18-20-22-23-25-27-29-31-33-35-37-39-46(49)55-44(43-54-56(50,51)53-41-40-47(3,4)5)42-52-45(48)38-36-34-32-30-28-26-24-21-19-17-15-13-11-9-7-2/h8,10,14-17,20-22,24-25,27,44H,6-7,9,11-13,18-19,23,26,28-43H2,1-5H3/p+1/b10-8-,16-14-,17-15-,22-20-,24-21-,27-25-/t44-/m1/s1. The van der Waals surface area contributed by atoms with Gasteiger partial charge in [0, 0.05) is 12.8 Å². The van der Waals surface area contributed by atoms with E-state index in [1.807, 2.05) is 21.1 Å². The lowest BCUT2D eigenvalue weighted by molar-refractivity contribution is -0.870. The van der Waals surface area contributed by atoms with E-state index < -0.39 is 32.5 Å². The van der Waals surface area contributed by atoms with Crippen LogP contribution in [0.2, 0.25) is 0 Å². The Morgan fingerprint density at radius 1 is 0.571 bits per heavy atom. The summed E-state index contributed by atoms with van der Waals surface area (Å²) in [4.78, 5) is 35.3. The Morgan fingerprint density at radius 3 is 1.52 bits per heavy atom. The summed E-state index contributed by atoms with van der Waals surface area (Å²) in [5.41, 5.74) is 0. The van der Waals surface area contributed by atoms with Gasteiger partial charge in [-0.3, -0.25) is 18.6 Å². The Balaban J connectivity index is 4.46. The largest absolute Gasteiger partial charge is 0.472 e. The lowest BCUT2D eigenvalue weighted by atomic mass is 10.1. The predicted molar refractivity (Wildman–Crippen MR) is 233 cm³/mol. The molecule has 0 aliphatic heterocycles. The van der Waals surface area contributed by atoms with Gasteiger partial charge in [-0.15, -0.1) is 0 Å². The minimum Gasteiger partial charge on any atom is -0.462 e. The Kier molecular flexibility index (Phi) is 36.3. The van der Waals surface area contributed by atoms with Gasteiger partial charge >= 0.3 is 19.8 Å². The highest BCUT2D eigenvalue weighted by molar-refractivity contribution is 7.47. The van der Waals surface area contributed by atoms with Crippen molar-refractivity contribution in [2.45, 2.75) is 161 Å². The van der Waals surface area contributed by atoms with Crippen molar-refractivity contribution in [2.24, 2.45) is 0 Å². The number of ether oxygens (including phenoxy) is 2. The van der Waals surface area contributed by atoms with Crippen LogP contribution in [-0.2, 0) is 32.7 Å². The summed E-state index contributed by atoms with van der Waals surface area (Å²) in [6.45, 7) is 4.21. The zero-order chi connectivity index (χ0) is 41.4. The van der Waals surface area contributed by atoms with Gasteiger partial charge in [0.15, 0.2) is 6.10 Å². The number of phosphoric ester groups is 1. The van der Waals surface area contributed by atoms with Crippen molar-refractivity contribution in [1.82, 2.24) is 0 Å². The molecule has 0 aromatic carbocycles. The van der Waals surface area contributed by atoms with Gasteiger partial charge in [0.05, 0.1) is 27.7 Å². The second-order valence-corrected chi connectivity index (χ2v) is 16.8. The quantitative estimate of drug-likeness (QED) is 0.0216. The molecule has 0 amide bonds. The highest BCUT2D eigenvalue weighted by Crippen LogP contribution is 2.43. The molecule has 2 atom stereocenters. The van der Waals surface area contributed by atoms with E-state index in [0.29, 0.717) is 23.9 Å². The van der Waals surface area contributed by atoms with Crippen LogP contribution in [-0.4, -0.2) is 74.9 Å². The third-order valence-corrected chi connectivity index (χ3v) is 9.70. The third kappa shape index (κ3) is 41.1. The second kappa shape index (κ2) is 38.0. The van der Waals surface area contributed by atoms with E-state index >= 15 is 0 Å². The SMILES string of the molecule is CC/C=C\C/C=C\C/C=C\C/C=C\CCCCCCC(=O)O[C@H](COC(=O)CCCCCCC/C=C\C/C=C\CCCCC)COP(=O)(O)OCC[N+](C)(C)C. The van der Waals surface area contributed by atoms with Crippen molar-refractivity contribution in [2.75, 3.05) is 47.5 Å². The number of hydrogen-bond donors (Lipinski definition) is 1. The molecule has 0 aliphatic carbocycles. The van der Waals surface area contributed by atoms with Gasteiger partial charge in [-0.1, -0.05) is 132 Å². The average Bonchev–Trinajstić information content (AvgIpc) is 3.15. The van der Waals surface area contributed by atoms with Gasteiger partial charge in [-0.25, -0.2) is 4.57 Å². The number of likely N-dealkylation sites (N-methyl/N-ethyl adjacent to an activating group) is 1. The van der Waals surface area contributed by atoms with Crippen molar-refractivity contribution in [3.63, 3.8) is 0 Å². The maximum Gasteiger partial charge on any atom is 0.472 e. The first-order valence-electron chi connectivity index (χ1n) is 21.7. The summed E-state index contributed by atoms with van der Waals surface area (Å²) < 4.78 is 34.2. The molecular weight excluding hydrogens is 725 g/mol. The van der Waals surface area contributed by atoms with Gasteiger partial charge in [-0.05, 0) is 83.5 Å². The topological polar surface area (TPSA) is 108 Å². The molecule has 0 aromatic rings. The Labute approximate surface area is 342 Å². The predicted octanol–water partition coefficient (Wildman–Crippen LogP) is 12.2. The molecule has 9 nitrogen and oxygen atoms in total. The van der Waals surface area contributed by atoms with Crippen LogP contribution in [0.15, 0.2) is 72.9 Å². The number of hydrogen-bond acceptors (Lipinski definition) is 7. The van der Waals surface area contributed by atoms with Crippen LogP contribution >= 0.6 is 7.82 Å². The van der Waals surface area contributed by atoms with Crippen LogP contribution in [0.5, 0.6) is 0 Å². The smallest absolute Gasteiger partial charge is 0.462 e. The Morgan fingerprint density at radius 2 is 1.02 bits per heavy atom. The molecular formula is C46H81NO8P+. The van der Waals surface area contributed by atoms with Crippen molar-refractivity contribution in [1.29, 1.82) is 0 Å². The number of nitrogens with zero attached hydrogens (tertiary/aromatic N) is 1. The number of carbonyl (C=O) groups excluding carboxylic acids is 2. The Hall–Kier alpha value is -2.55. The fourth-order valence-corrected chi connectivity index (χ4v) is 6.07. The number of quaternary nitrogens is 1. The molecule has 0 fully saturated rings. The van der Waals surface area contributed by atoms with Crippen LogP contribution in [0, 0.1) is 0 Å². The maximum absolute atomic E-state index is 12.7. The van der Waals surface area contributed by atoms with Gasteiger partial charge < -0.3 is 18.9 Å². The number of unbranched alkanes of at least 4 members (excludes halogenated alkanes) is 12. The first-order chi connectivity index (χ1) is 27.0. The van der Waals surface area contributed by atoms with Crippen LogP contribution in [0.1, 0.15) is 155 Å². The highest BCUT2D eigenvalue weighted by atomic mass is 31.2. The molecule has 322 valence electrons. The molecule has 10 heteroatoms. The molecule has 0 radical (unpaired) electrons. The molecule has 1 N–H and O–H groups in total. The number of phosphoric acid groups is 1. The van der Waals surface area contributed by atoms with Crippen LogP contribution in [0.25, 0.3) is 0 Å².